The quantitative estimate of drug-likeness (QED) is 0.133. The standard InChI is InChI=1S/C33H30ClN3O4S/c1-21-9-11-23(12-10-21)18-29(37-32(39)24-7-5-4-6-8-24)33(40)35-25-13-15-26(16-14-25)42-20-31(38)36-28-17-22(2)27(34)19-30(28)41-3/h4-19H,20H2,1-3H3,(H,35,40)(H,36,38)(H,37,39)/b29-18-. The third kappa shape index (κ3) is 8.49. The molecule has 0 aliphatic heterocycles. The Kier molecular flexibility index (Phi) is 10.4. The fourth-order valence-corrected chi connectivity index (χ4v) is 4.72. The molecule has 0 fully saturated rings. The van der Waals surface area contributed by atoms with Gasteiger partial charge in [0, 0.05) is 27.2 Å². The summed E-state index contributed by atoms with van der Waals surface area (Å²) < 4.78 is 5.32. The third-order valence-electron chi connectivity index (χ3n) is 6.15. The van der Waals surface area contributed by atoms with Crippen molar-refractivity contribution in [3.05, 3.63) is 124 Å². The van der Waals surface area contributed by atoms with Gasteiger partial charge in [0.2, 0.25) is 5.91 Å². The van der Waals surface area contributed by atoms with Crippen LogP contribution in [-0.2, 0) is 9.59 Å². The minimum Gasteiger partial charge on any atom is -0.495 e. The molecule has 4 rings (SSSR count). The molecule has 0 saturated carbocycles. The smallest absolute Gasteiger partial charge is 0.272 e. The number of benzene rings is 4. The Morgan fingerprint density at radius 2 is 1.57 bits per heavy atom. The van der Waals surface area contributed by atoms with E-state index in [2.05, 4.69) is 16.0 Å². The van der Waals surface area contributed by atoms with Crippen LogP contribution in [0.15, 0.2) is 102 Å². The van der Waals surface area contributed by atoms with Crippen LogP contribution in [0.4, 0.5) is 11.4 Å². The number of nitrogens with one attached hydrogen (secondary N) is 3. The van der Waals surface area contributed by atoms with Gasteiger partial charge in [0.1, 0.15) is 11.4 Å². The number of anilines is 2. The highest BCUT2D eigenvalue weighted by Crippen LogP contribution is 2.31. The third-order valence-corrected chi connectivity index (χ3v) is 7.57. The van der Waals surface area contributed by atoms with Crippen LogP contribution in [-0.4, -0.2) is 30.6 Å². The van der Waals surface area contributed by atoms with Gasteiger partial charge < -0.3 is 20.7 Å². The molecule has 3 N–H and O–H groups in total. The maximum Gasteiger partial charge on any atom is 0.272 e. The first-order valence-electron chi connectivity index (χ1n) is 13.0. The summed E-state index contributed by atoms with van der Waals surface area (Å²) in [5.41, 5.74) is 4.33. The van der Waals surface area contributed by atoms with Gasteiger partial charge in [-0.25, -0.2) is 0 Å². The first-order valence-corrected chi connectivity index (χ1v) is 14.4. The summed E-state index contributed by atoms with van der Waals surface area (Å²) in [7, 11) is 1.52. The number of halogens is 1. The highest BCUT2D eigenvalue weighted by Gasteiger charge is 2.16. The molecule has 0 heterocycles. The van der Waals surface area contributed by atoms with Crippen LogP contribution >= 0.6 is 23.4 Å². The van der Waals surface area contributed by atoms with Gasteiger partial charge in [-0.05, 0) is 73.5 Å². The molecular formula is C33H30ClN3O4S. The van der Waals surface area contributed by atoms with Gasteiger partial charge >= 0.3 is 0 Å². The van der Waals surface area contributed by atoms with Crippen molar-refractivity contribution >= 4 is 58.5 Å². The molecule has 0 aromatic heterocycles. The van der Waals surface area contributed by atoms with Gasteiger partial charge in [0.05, 0.1) is 18.6 Å². The number of amides is 3. The maximum atomic E-state index is 13.3. The van der Waals surface area contributed by atoms with Gasteiger partial charge in [-0.1, -0.05) is 59.6 Å². The molecule has 0 bridgehead atoms. The fraction of sp³-hybridized carbons (Fsp3) is 0.121. The predicted molar refractivity (Wildman–Crippen MR) is 170 cm³/mol. The van der Waals surface area contributed by atoms with E-state index < -0.39 is 5.91 Å². The van der Waals surface area contributed by atoms with Crippen LogP contribution in [0.3, 0.4) is 0 Å². The van der Waals surface area contributed by atoms with E-state index in [1.54, 1.807) is 54.6 Å². The van der Waals surface area contributed by atoms with Crippen molar-refractivity contribution in [2.75, 3.05) is 23.5 Å². The van der Waals surface area contributed by atoms with E-state index >= 15 is 0 Å². The van der Waals surface area contributed by atoms with Crippen molar-refractivity contribution in [3.8, 4) is 5.75 Å². The zero-order chi connectivity index (χ0) is 30.1. The van der Waals surface area contributed by atoms with Crippen LogP contribution in [0.1, 0.15) is 27.0 Å². The number of carbonyl (C=O) groups is 3. The van der Waals surface area contributed by atoms with Gasteiger partial charge in [-0.2, -0.15) is 0 Å². The Morgan fingerprint density at radius 1 is 0.881 bits per heavy atom. The minimum absolute atomic E-state index is 0.107. The van der Waals surface area contributed by atoms with Crippen molar-refractivity contribution in [1.82, 2.24) is 5.32 Å². The highest BCUT2D eigenvalue weighted by molar-refractivity contribution is 8.00. The molecule has 9 heteroatoms. The first-order chi connectivity index (χ1) is 20.2. The molecule has 0 spiro atoms. The summed E-state index contributed by atoms with van der Waals surface area (Å²) in [5, 5.41) is 9.00. The number of ether oxygens (including phenoxy) is 1. The van der Waals surface area contributed by atoms with Gasteiger partial charge in [-0.15, -0.1) is 11.8 Å². The number of carbonyl (C=O) groups excluding carboxylic acids is 3. The fourth-order valence-electron chi connectivity index (χ4n) is 3.87. The summed E-state index contributed by atoms with van der Waals surface area (Å²) in [6.45, 7) is 3.83. The van der Waals surface area contributed by atoms with Crippen molar-refractivity contribution in [2.24, 2.45) is 0 Å². The van der Waals surface area contributed by atoms with E-state index in [0.29, 0.717) is 27.7 Å². The summed E-state index contributed by atoms with van der Waals surface area (Å²) in [4.78, 5) is 39.5. The van der Waals surface area contributed by atoms with E-state index in [1.807, 2.05) is 56.3 Å². The second kappa shape index (κ2) is 14.4. The molecule has 0 radical (unpaired) electrons. The Labute approximate surface area is 254 Å². The Bertz CT molecular complexity index is 1610. The molecule has 0 atom stereocenters. The van der Waals surface area contributed by atoms with Crippen LogP contribution < -0.4 is 20.7 Å². The number of hydrogen-bond acceptors (Lipinski definition) is 5. The van der Waals surface area contributed by atoms with Gasteiger partial charge in [0.25, 0.3) is 11.8 Å². The molecule has 214 valence electrons. The molecule has 4 aromatic rings. The van der Waals surface area contributed by atoms with Crippen molar-refractivity contribution in [2.45, 2.75) is 18.7 Å². The molecule has 4 aromatic carbocycles. The molecule has 3 amide bonds. The van der Waals surface area contributed by atoms with Crippen molar-refractivity contribution in [3.63, 3.8) is 0 Å². The zero-order valence-corrected chi connectivity index (χ0v) is 24.9. The number of aryl methyl sites for hydroxylation is 2. The molecule has 0 aliphatic carbocycles. The van der Waals surface area contributed by atoms with Gasteiger partial charge in [0.15, 0.2) is 0 Å². The lowest BCUT2D eigenvalue weighted by atomic mass is 10.1. The average molecular weight is 600 g/mol. The van der Waals surface area contributed by atoms with E-state index in [-0.39, 0.29) is 23.3 Å². The number of methoxy groups -OCH3 is 1. The first kappa shape index (κ1) is 30.4. The van der Waals surface area contributed by atoms with Gasteiger partial charge in [-0.3, -0.25) is 14.4 Å². The molecule has 0 unspecified atom stereocenters. The number of thioether (sulfide) groups is 1. The topological polar surface area (TPSA) is 96.5 Å². The lowest BCUT2D eigenvalue weighted by molar-refractivity contribution is -0.114. The summed E-state index contributed by atoms with van der Waals surface area (Å²) >= 11 is 7.50. The monoisotopic (exact) mass is 599 g/mol. The second-order valence-electron chi connectivity index (χ2n) is 9.41. The van der Waals surface area contributed by atoms with Crippen LogP contribution in [0.25, 0.3) is 6.08 Å². The van der Waals surface area contributed by atoms with Crippen LogP contribution in [0.5, 0.6) is 5.75 Å². The predicted octanol–water partition coefficient (Wildman–Crippen LogP) is 7.11. The molecule has 0 aliphatic rings. The molecule has 42 heavy (non-hydrogen) atoms. The minimum atomic E-state index is -0.466. The average Bonchev–Trinajstić information content (AvgIpc) is 2.99. The van der Waals surface area contributed by atoms with E-state index in [9.17, 15) is 14.4 Å². The van der Waals surface area contributed by atoms with Crippen molar-refractivity contribution in [1.29, 1.82) is 0 Å². The molecule has 0 saturated heterocycles. The maximum absolute atomic E-state index is 13.3. The Hall–Kier alpha value is -4.53. The van der Waals surface area contributed by atoms with Crippen LogP contribution in [0.2, 0.25) is 5.02 Å². The van der Waals surface area contributed by atoms with Crippen LogP contribution in [0, 0.1) is 13.8 Å². The SMILES string of the molecule is COc1cc(Cl)c(C)cc1NC(=O)CSc1ccc(NC(=O)/C(=C/c2ccc(C)cc2)NC(=O)c2ccccc2)cc1. The number of hydrogen-bond donors (Lipinski definition) is 3. The molecule has 7 nitrogen and oxygen atoms in total. The van der Waals surface area contributed by atoms with E-state index in [1.165, 1.54) is 18.9 Å². The number of rotatable bonds is 10. The lowest BCUT2D eigenvalue weighted by Crippen LogP contribution is -2.30. The Balaban J connectivity index is 1.40. The van der Waals surface area contributed by atoms with Crippen molar-refractivity contribution < 1.29 is 19.1 Å². The largest absolute Gasteiger partial charge is 0.495 e. The highest BCUT2D eigenvalue weighted by atomic mass is 35.5. The summed E-state index contributed by atoms with van der Waals surface area (Å²) in [5.74, 6) is -0.393. The Morgan fingerprint density at radius 3 is 2.24 bits per heavy atom. The second-order valence-corrected chi connectivity index (χ2v) is 10.9. The summed E-state index contributed by atoms with van der Waals surface area (Å²) in [6.07, 6.45) is 1.63. The van der Waals surface area contributed by atoms with E-state index in [4.69, 9.17) is 16.3 Å². The normalized spacial score (nSPS) is 11.0. The van der Waals surface area contributed by atoms with E-state index in [0.717, 1.165) is 21.6 Å². The lowest BCUT2D eigenvalue weighted by Gasteiger charge is -2.13. The zero-order valence-electron chi connectivity index (χ0n) is 23.4. The summed E-state index contributed by atoms with van der Waals surface area (Å²) in [6, 6.07) is 26.9. The molecular weight excluding hydrogens is 570 g/mol.